The summed E-state index contributed by atoms with van der Waals surface area (Å²) in [5.74, 6) is -0.574. The molecule has 0 saturated carbocycles. The van der Waals surface area contributed by atoms with Crippen LogP contribution in [0.5, 0.6) is 0 Å². The summed E-state index contributed by atoms with van der Waals surface area (Å²) < 4.78 is 26.2. The summed E-state index contributed by atoms with van der Waals surface area (Å²) in [4.78, 5) is 11.3. The minimum Gasteiger partial charge on any atom is -0.480 e. The summed E-state index contributed by atoms with van der Waals surface area (Å²) in [7, 11) is -3.73. The van der Waals surface area contributed by atoms with Crippen LogP contribution in [0.3, 0.4) is 0 Å². The van der Waals surface area contributed by atoms with Crippen molar-refractivity contribution < 1.29 is 18.3 Å². The molecular weight excluding hydrogens is 290 g/mol. The quantitative estimate of drug-likeness (QED) is 0.904. The molecule has 1 aromatic rings. The largest absolute Gasteiger partial charge is 0.480 e. The second kappa shape index (κ2) is 6.15. The third-order valence-corrected chi connectivity index (χ3v) is 5.59. The molecule has 21 heavy (non-hydrogen) atoms. The van der Waals surface area contributed by atoms with Crippen molar-refractivity contribution in [3.63, 3.8) is 0 Å². The molecule has 0 bridgehead atoms. The fourth-order valence-electron chi connectivity index (χ4n) is 2.68. The Morgan fingerprint density at radius 2 is 1.95 bits per heavy atom. The maximum atomic E-state index is 12.5. The van der Waals surface area contributed by atoms with Crippen LogP contribution in [0.25, 0.3) is 0 Å². The van der Waals surface area contributed by atoms with Crippen LogP contribution in [0.2, 0.25) is 0 Å². The molecule has 5 nitrogen and oxygen atoms in total. The Morgan fingerprint density at radius 3 is 2.48 bits per heavy atom. The summed E-state index contributed by atoms with van der Waals surface area (Å²) in [5, 5.41) is 9.13. The Morgan fingerprint density at radius 1 is 1.33 bits per heavy atom. The average Bonchev–Trinajstić information content (AvgIpc) is 2.88. The maximum absolute atomic E-state index is 12.5. The zero-order valence-corrected chi connectivity index (χ0v) is 13.1. The highest BCUT2D eigenvalue weighted by molar-refractivity contribution is 7.89. The average molecular weight is 311 g/mol. The van der Waals surface area contributed by atoms with Gasteiger partial charge in [0.15, 0.2) is 0 Å². The van der Waals surface area contributed by atoms with Crippen molar-refractivity contribution >= 4 is 16.0 Å². The fraction of sp³-hybridized carbons (Fsp3) is 0.533. The van der Waals surface area contributed by atoms with E-state index in [1.54, 1.807) is 24.3 Å². The predicted molar refractivity (Wildman–Crippen MR) is 79.5 cm³/mol. The summed E-state index contributed by atoms with van der Waals surface area (Å²) in [6.45, 7) is 4.48. The van der Waals surface area contributed by atoms with E-state index in [2.05, 4.69) is 13.8 Å². The van der Waals surface area contributed by atoms with E-state index in [4.69, 9.17) is 5.11 Å². The van der Waals surface area contributed by atoms with Gasteiger partial charge < -0.3 is 5.11 Å². The Labute approximate surface area is 125 Å². The van der Waals surface area contributed by atoms with Crippen molar-refractivity contribution in [2.75, 3.05) is 6.54 Å². The van der Waals surface area contributed by atoms with Crippen molar-refractivity contribution in [3.8, 4) is 0 Å². The van der Waals surface area contributed by atoms with Gasteiger partial charge in [-0.1, -0.05) is 26.0 Å². The zero-order chi connectivity index (χ0) is 15.6. The number of nitrogens with zero attached hydrogens (tertiary/aromatic N) is 1. The molecule has 0 aliphatic carbocycles. The standard InChI is InChI=1S/C15H21NO4S/c1-11(2)10-12-5-7-13(8-6-12)21(19,20)16-9-3-4-14(16)15(17)18/h5-8,11,14H,3-4,9-10H2,1-2H3,(H,17,18)/t14-/m0/s1. The molecule has 2 rings (SSSR count). The Hall–Kier alpha value is -1.40. The molecular formula is C15H21NO4S. The maximum Gasteiger partial charge on any atom is 0.322 e. The van der Waals surface area contributed by atoms with Gasteiger partial charge in [0.1, 0.15) is 6.04 Å². The molecule has 1 N–H and O–H groups in total. The van der Waals surface area contributed by atoms with Crippen molar-refractivity contribution in [3.05, 3.63) is 29.8 Å². The number of carbonyl (C=O) groups is 1. The van der Waals surface area contributed by atoms with Crippen LogP contribution in [0.15, 0.2) is 29.2 Å². The van der Waals surface area contributed by atoms with Crippen LogP contribution in [0, 0.1) is 5.92 Å². The molecule has 116 valence electrons. The highest BCUT2D eigenvalue weighted by atomic mass is 32.2. The minimum atomic E-state index is -3.73. The number of hydrogen-bond acceptors (Lipinski definition) is 3. The molecule has 0 spiro atoms. The normalized spacial score (nSPS) is 20.0. The second-order valence-corrected chi connectivity index (χ2v) is 7.74. The topological polar surface area (TPSA) is 74.7 Å². The molecule has 0 amide bonds. The Kier molecular flexibility index (Phi) is 4.68. The molecule has 1 fully saturated rings. The van der Waals surface area contributed by atoms with E-state index in [-0.39, 0.29) is 11.4 Å². The number of hydrogen-bond donors (Lipinski definition) is 1. The van der Waals surface area contributed by atoms with E-state index in [9.17, 15) is 13.2 Å². The Balaban J connectivity index is 2.25. The number of benzene rings is 1. The van der Waals surface area contributed by atoms with Gasteiger partial charge in [-0.2, -0.15) is 4.31 Å². The first-order valence-electron chi connectivity index (χ1n) is 7.16. The van der Waals surface area contributed by atoms with Crippen LogP contribution < -0.4 is 0 Å². The summed E-state index contributed by atoms with van der Waals surface area (Å²) >= 11 is 0. The van der Waals surface area contributed by atoms with Gasteiger partial charge in [-0.15, -0.1) is 0 Å². The van der Waals surface area contributed by atoms with Gasteiger partial charge in [-0.3, -0.25) is 4.79 Å². The fourth-order valence-corrected chi connectivity index (χ4v) is 4.33. The van der Waals surface area contributed by atoms with Crippen molar-refractivity contribution in [2.24, 2.45) is 5.92 Å². The first kappa shape index (κ1) is 16.0. The third-order valence-electron chi connectivity index (χ3n) is 3.66. The van der Waals surface area contributed by atoms with Gasteiger partial charge in [0.2, 0.25) is 10.0 Å². The molecule has 1 aliphatic heterocycles. The summed E-state index contributed by atoms with van der Waals surface area (Å²) in [6.07, 6.45) is 1.85. The van der Waals surface area contributed by atoms with Crippen LogP contribution in [-0.4, -0.2) is 36.4 Å². The van der Waals surface area contributed by atoms with Crippen molar-refractivity contribution in [2.45, 2.75) is 44.0 Å². The predicted octanol–water partition coefficient (Wildman–Crippen LogP) is 2.12. The SMILES string of the molecule is CC(C)Cc1ccc(S(=O)(=O)N2CCC[C@H]2C(=O)O)cc1. The van der Waals surface area contributed by atoms with Crippen LogP contribution >= 0.6 is 0 Å². The van der Waals surface area contributed by atoms with Crippen LogP contribution in [-0.2, 0) is 21.2 Å². The zero-order valence-electron chi connectivity index (χ0n) is 12.3. The number of sulfonamides is 1. The van der Waals surface area contributed by atoms with Gasteiger partial charge in [-0.05, 0) is 42.9 Å². The molecule has 0 aromatic heterocycles. The smallest absolute Gasteiger partial charge is 0.322 e. The number of carboxylic acids is 1. The van der Waals surface area contributed by atoms with Gasteiger partial charge in [0, 0.05) is 6.54 Å². The van der Waals surface area contributed by atoms with Gasteiger partial charge in [-0.25, -0.2) is 8.42 Å². The van der Waals surface area contributed by atoms with E-state index in [1.807, 2.05) is 0 Å². The van der Waals surface area contributed by atoms with Crippen LogP contribution in [0.4, 0.5) is 0 Å². The second-order valence-electron chi connectivity index (χ2n) is 5.85. The van der Waals surface area contributed by atoms with E-state index in [0.717, 1.165) is 16.3 Å². The molecule has 1 heterocycles. The Bertz CT molecular complexity index is 607. The molecule has 6 heteroatoms. The lowest BCUT2D eigenvalue weighted by Crippen LogP contribution is -2.40. The molecule has 0 unspecified atom stereocenters. The molecule has 1 aliphatic rings. The third kappa shape index (κ3) is 3.44. The van der Waals surface area contributed by atoms with E-state index >= 15 is 0 Å². The molecule has 0 radical (unpaired) electrons. The highest BCUT2D eigenvalue weighted by Crippen LogP contribution is 2.26. The van der Waals surface area contributed by atoms with E-state index in [0.29, 0.717) is 18.8 Å². The number of aliphatic carboxylic acids is 1. The lowest BCUT2D eigenvalue weighted by Gasteiger charge is -2.21. The van der Waals surface area contributed by atoms with Crippen molar-refractivity contribution in [1.82, 2.24) is 4.31 Å². The van der Waals surface area contributed by atoms with Gasteiger partial charge in [0.05, 0.1) is 4.90 Å². The van der Waals surface area contributed by atoms with Crippen molar-refractivity contribution in [1.29, 1.82) is 0 Å². The highest BCUT2D eigenvalue weighted by Gasteiger charge is 2.39. The van der Waals surface area contributed by atoms with Gasteiger partial charge >= 0.3 is 5.97 Å². The minimum absolute atomic E-state index is 0.170. The summed E-state index contributed by atoms with van der Waals surface area (Å²) in [5.41, 5.74) is 1.08. The lowest BCUT2D eigenvalue weighted by atomic mass is 10.0. The number of carboxylic acid groups (broad SMARTS) is 1. The van der Waals surface area contributed by atoms with Gasteiger partial charge in [0.25, 0.3) is 0 Å². The lowest BCUT2D eigenvalue weighted by molar-refractivity contribution is -0.140. The van der Waals surface area contributed by atoms with E-state index < -0.39 is 22.0 Å². The molecule has 1 saturated heterocycles. The molecule has 1 aromatic carbocycles. The first-order chi connectivity index (χ1) is 9.82. The number of rotatable bonds is 5. The molecule has 1 atom stereocenters. The summed E-state index contributed by atoms with van der Waals surface area (Å²) in [6, 6.07) is 5.82. The first-order valence-corrected chi connectivity index (χ1v) is 8.60. The monoisotopic (exact) mass is 311 g/mol. The van der Waals surface area contributed by atoms with E-state index in [1.165, 1.54) is 0 Å². The van der Waals surface area contributed by atoms with Crippen LogP contribution in [0.1, 0.15) is 32.3 Å².